The molecule has 1 unspecified atom stereocenters. The predicted molar refractivity (Wildman–Crippen MR) is 59.9 cm³/mol. The van der Waals surface area contributed by atoms with Gasteiger partial charge in [0, 0.05) is 12.1 Å². The van der Waals surface area contributed by atoms with Gasteiger partial charge in [0.25, 0.3) is 0 Å². The summed E-state index contributed by atoms with van der Waals surface area (Å²) in [5.74, 6) is -1.14. The lowest BCUT2D eigenvalue weighted by atomic mass is 10.2. The summed E-state index contributed by atoms with van der Waals surface area (Å²) in [6.45, 7) is -0.577. The molecule has 0 saturated carbocycles. The average Bonchev–Trinajstić information content (AvgIpc) is 2.70. The van der Waals surface area contributed by atoms with E-state index in [2.05, 4.69) is 0 Å². The van der Waals surface area contributed by atoms with Crippen LogP contribution < -0.4 is 4.90 Å². The van der Waals surface area contributed by atoms with Gasteiger partial charge in [0.1, 0.15) is 6.67 Å². The topological polar surface area (TPSA) is 57.6 Å². The van der Waals surface area contributed by atoms with Crippen LogP contribution in [0, 0.1) is 0 Å². The number of carboxylic acid groups (broad SMARTS) is 1. The lowest BCUT2D eigenvalue weighted by Crippen LogP contribution is -2.34. The molecular weight excluding hydrogens is 225 g/mol. The number of carboxylic acids is 1. The maximum absolute atomic E-state index is 12.7. The van der Waals surface area contributed by atoms with Gasteiger partial charge in [-0.2, -0.15) is 0 Å². The number of hydrogen-bond acceptors (Lipinski definition) is 2. The molecule has 0 aliphatic carbocycles. The zero-order valence-corrected chi connectivity index (χ0v) is 9.10. The van der Waals surface area contributed by atoms with Crippen LogP contribution in [-0.2, 0) is 4.79 Å². The molecule has 1 fully saturated rings. The van der Waals surface area contributed by atoms with Crippen molar-refractivity contribution in [3.05, 3.63) is 29.8 Å². The zero-order chi connectivity index (χ0) is 12.4. The van der Waals surface area contributed by atoms with Gasteiger partial charge in [0.2, 0.25) is 5.91 Å². The fraction of sp³-hybridized carbons (Fsp3) is 0.333. The predicted octanol–water partition coefficient (Wildman–Crippen LogP) is 1.85. The maximum atomic E-state index is 12.7. The number of carbonyl (C=O) groups excluding carboxylic acids is 1. The molecule has 0 aromatic heterocycles. The average molecular weight is 237 g/mol. The van der Waals surface area contributed by atoms with Crippen molar-refractivity contribution in [3.8, 4) is 0 Å². The number of rotatable bonds is 3. The normalized spacial score (nSPS) is 19.7. The number of benzene rings is 1. The molecule has 1 aromatic carbocycles. The van der Waals surface area contributed by atoms with Crippen LogP contribution in [0.5, 0.6) is 0 Å². The Kier molecular flexibility index (Phi) is 3.08. The minimum absolute atomic E-state index is 0.115. The number of carbonyl (C=O) groups is 2. The number of halogens is 1. The van der Waals surface area contributed by atoms with Gasteiger partial charge in [-0.05, 0) is 30.7 Å². The van der Waals surface area contributed by atoms with Gasteiger partial charge in [0.15, 0.2) is 0 Å². The van der Waals surface area contributed by atoms with Crippen molar-refractivity contribution in [2.24, 2.45) is 0 Å². The second-order valence-electron chi connectivity index (χ2n) is 3.96. The quantitative estimate of drug-likeness (QED) is 0.872. The number of nitrogens with zero attached hydrogens (tertiary/aromatic N) is 1. The summed E-state index contributed by atoms with van der Waals surface area (Å²) < 4.78 is 12.7. The summed E-state index contributed by atoms with van der Waals surface area (Å²) in [6.07, 6.45) is 0.852. The third-order valence-corrected chi connectivity index (χ3v) is 2.90. The Hall–Kier alpha value is -1.91. The minimum atomic E-state index is -1.02. The summed E-state index contributed by atoms with van der Waals surface area (Å²) in [5.41, 5.74) is 0.706. The summed E-state index contributed by atoms with van der Waals surface area (Å²) in [6, 6.07) is 5.49. The maximum Gasteiger partial charge on any atom is 0.335 e. The number of alkyl halides is 1. The van der Waals surface area contributed by atoms with Gasteiger partial charge in [-0.25, -0.2) is 9.18 Å². The molecule has 0 bridgehead atoms. The molecule has 5 heteroatoms. The molecule has 1 aliphatic heterocycles. The highest BCUT2D eigenvalue weighted by atomic mass is 19.1. The molecular formula is C12H12FNO3. The highest BCUT2D eigenvalue weighted by Gasteiger charge is 2.31. The van der Waals surface area contributed by atoms with E-state index in [1.807, 2.05) is 0 Å². The summed E-state index contributed by atoms with van der Waals surface area (Å²) >= 11 is 0. The molecule has 1 amide bonds. The first kappa shape index (κ1) is 11.6. The first-order chi connectivity index (χ1) is 8.13. The number of aromatic carboxylic acids is 1. The van der Waals surface area contributed by atoms with Gasteiger partial charge < -0.3 is 10.0 Å². The second-order valence-corrected chi connectivity index (χ2v) is 3.96. The molecule has 1 aliphatic rings. The van der Waals surface area contributed by atoms with Crippen LogP contribution >= 0.6 is 0 Å². The SMILES string of the molecule is O=C(O)c1ccc(N2C(=O)CCC2CF)cc1. The Balaban J connectivity index is 2.27. The van der Waals surface area contributed by atoms with Crippen molar-refractivity contribution >= 4 is 17.6 Å². The largest absolute Gasteiger partial charge is 0.478 e. The van der Waals surface area contributed by atoms with E-state index in [9.17, 15) is 14.0 Å². The summed E-state index contributed by atoms with van der Waals surface area (Å²) in [5, 5.41) is 8.75. The third-order valence-electron chi connectivity index (χ3n) is 2.90. The molecule has 4 nitrogen and oxygen atoms in total. The lowest BCUT2D eigenvalue weighted by Gasteiger charge is -2.22. The van der Waals surface area contributed by atoms with E-state index in [1.54, 1.807) is 0 Å². The minimum Gasteiger partial charge on any atom is -0.478 e. The molecule has 1 saturated heterocycles. The van der Waals surface area contributed by atoms with Gasteiger partial charge in [-0.3, -0.25) is 4.79 Å². The van der Waals surface area contributed by atoms with E-state index in [4.69, 9.17) is 5.11 Å². The molecule has 1 aromatic rings. The molecule has 0 radical (unpaired) electrons. The third kappa shape index (κ3) is 2.13. The molecule has 0 spiro atoms. The molecule has 17 heavy (non-hydrogen) atoms. The van der Waals surface area contributed by atoms with Crippen molar-refractivity contribution in [3.63, 3.8) is 0 Å². The van der Waals surface area contributed by atoms with Crippen molar-refractivity contribution in [2.45, 2.75) is 18.9 Å². The van der Waals surface area contributed by atoms with E-state index in [-0.39, 0.29) is 11.5 Å². The van der Waals surface area contributed by atoms with Gasteiger partial charge >= 0.3 is 5.97 Å². The van der Waals surface area contributed by atoms with Crippen molar-refractivity contribution in [1.29, 1.82) is 0 Å². The van der Waals surface area contributed by atoms with E-state index in [0.29, 0.717) is 18.5 Å². The molecule has 1 atom stereocenters. The second kappa shape index (κ2) is 4.53. The Morgan fingerprint density at radius 1 is 1.41 bits per heavy atom. The van der Waals surface area contributed by atoms with Crippen LogP contribution in [0.25, 0.3) is 0 Å². The van der Waals surface area contributed by atoms with Crippen molar-refractivity contribution in [2.75, 3.05) is 11.6 Å². The Labute approximate surface area is 97.7 Å². The molecule has 90 valence electrons. The zero-order valence-electron chi connectivity index (χ0n) is 9.10. The van der Waals surface area contributed by atoms with Crippen LogP contribution in [0.1, 0.15) is 23.2 Å². The molecule has 2 rings (SSSR count). The number of amides is 1. The summed E-state index contributed by atoms with van der Waals surface area (Å²) in [7, 11) is 0. The molecule has 1 N–H and O–H groups in total. The number of anilines is 1. The van der Waals surface area contributed by atoms with Gasteiger partial charge in [0.05, 0.1) is 11.6 Å². The van der Waals surface area contributed by atoms with Crippen LogP contribution in [0.15, 0.2) is 24.3 Å². The van der Waals surface area contributed by atoms with E-state index < -0.39 is 18.7 Å². The highest BCUT2D eigenvalue weighted by Crippen LogP contribution is 2.27. The smallest absolute Gasteiger partial charge is 0.335 e. The van der Waals surface area contributed by atoms with Crippen LogP contribution in [0.2, 0.25) is 0 Å². The van der Waals surface area contributed by atoms with Crippen LogP contribution in [0.4, 0.5) is 10.1 Å². The Bertz CT molecular complexity index is 444. The van der Waals surface area contributed by atoms with Crippen molar-refractivity contribution < 1.29 is 19.1 Å². The fourth-order valence-electron chi connectivity index (χ4n) is 2.01. The van der Waals surface area contributed by atoms with E-state index in [0.717, 1.165) is 0 Å². The standard InChI is InChI=1S/C12H12FNO3/c13-7-10-5-6-11(15)14(10)9-3-1-8(2-4-9)12(16)17/h1-4,10H,5-7H2,(H,16,17). The first-order valence-electron chi connectivity index (χ1n) is 5.35. The van der Waals surface area contributed by atoms with Gasteiger partial charge in [-0.1, -0.05) is 0 Å². The monoisotopic (exact) mass is 237 g/mol. The fourth-order valence-corrected chi connectivity index (χ4v) is 2.01. The van der Waals surface area contributed by atoms with Crippen LogP contribution in [0.3, 0.4) is 0 Å². The number of hydrogen-bond donors (Lipinski definition) is 1. The Morgan fingerprint density at radius 2 is 2.06 bits per heavy atom. The summed E-state index contributed by atoms with van der Waals surface area (Å²) in [4.78, 5) is 23.7. The highest BCUT2D eigenvalue weighted by molar-refractivity contribution is 5.97. The Morgan fingerprint density at radius 3 is 2.59 bits per heavy atom. The lowest BCUT2D eigenvalue weighted by molar-refractivity contribution is -0.117. The van der Waals surface area contributed by atoms with Crippen LogP contribution in [-0.4, -0.2) is 29.7 Å². The van der Waals surface area contributed by atoms with E-state index in [1.165, 1.54) is 29.2 Å². The first-order valence-corrected chi connectivity index (χ1v) is 5.35. The molecule has 1 heterocycles. The van der Waals surface area contributed by atoms with E-state index >= 15 is 0 Å². The van der Waals surface area contributed by atoms with Gasteiger partial charge in [-0.15, -0.1) is 0 Å². The van der Waals surface area contributed by atoms with Crippen molar-refractivity contribution in [1.82, 2.24) is 0 Å².